The summed E-state index contributed by atoms with van der Waals surface area (Å²) in [4.78, 5) is 26.2. The molecule has 0 saturated carbocycles. The van der Waals surface area contributed by atoms with E-state index in [-0.39, 0.29) is 22.1 Å². The van der Waals surface area contributed by atoms with Gasteiger partial charge in [-0.15, -0.1) is 0 Å². The first-order valence-corrected chi connectivity index (χ1v) is 11.4. The van der Waals surface area contributed by atoms with Gasteiger partial charge in [-0.25, -0.2) is 12.8 Å². The van der Waals surface area contributed by atoms with Crippen molar-refractivity contribution in [1.82, 2.24) is 0 Å². The minimum atomic E-state index is -3.89. The van der Waals surface area contributed by atoms with Crippen LogP contribution < -0.4 is 14.9 Å². The highest BCUT2D eigenvalue weighted by molar-refractivity contribution is 7.92. The number of halogens is 1. The Bertz CT molecular complexity index is 1260. The molecule has 1 aliphatic rings. The van der Waals surface area contributed by atoms with Crippen molar-refractivity contribution < 1.29 is 22.4 Å². The van der Waals surface area contributed by atoms with Gasteiger partial charge in [-0.1, -0.05) is 6.07 Å². The fraction of sp³-hybridized carbons (Fsp3) is 0.130. The topological polar surface area (TPSA) is 95.6 Å². The molecule has 1 aliphatic heterocycles. The van der Waals surface area contributed by atoms with Gasteiger partial charge in [0, 0.05) is 35.6 Å². The number of rotatable bonds is 6. The Morgan fingerprint density at radius 2 is 1.66 bits per heavy atom. The first-order valence-electron chi connectivity index (χ1n) is 9.92. The standard InChI is InChI=1S/C23H20FN3O4S/c24-17-8-10-18(11-9-17)26-32(30,31)21-12-6-16(7-13-21)23(29)25-19-3-1-4-20(15-19)27-14-2-5-22(27)28/h1,3-4,6-13,15,26H,2,5,14H2,(H,25,29). The van der Waals surface area contributed by atoms with Crippen molar-refractivity contribution in [3.63, 3.8) is 0 Å². The second-order valence-electron chi connectivity index (χ2n) is 7.29. The van der Waals surface area contributed by atoms with Crippen LogP contribution in [-0.2, 0) is 14.8 Å². The van der Waals surface area contributed by atoms with Crippen LogP contribution in [0.1, 0.15) is 23.2 Å². The van der Waals surface area contributed by atoms with E-state index in [9.17, 15) is 22.4 Å². The van der Waals surface area contributed by atoms with Crippen molar-refractivity contribution in [2.75, 3.05) is 21.5 Å². The van der Waals surface area contributed by atoms with Crippen LogP contribution in [-0.4, -0.2) is 26.8 Å². The molecule has 1 heterocycles. The molecule has 0 spiro atoms. The van der Waals surface area contributed by atoms with Crippen LogP contribution in [0.5, 0.6) is 0 Å². The van der Waals surface area contributed by atoms with Crippen LogP contribution in [0, 0.1) is 5.82 Å². The Balaban J connectivity index is 1.45. The highest BCUT2D eigenvalue weighted by Gasteiger charge is 2.22. The molecule has 0 atom stereocenters. The van der Waals surface area contributed by atoms with E-state index in [1.165, 1.54) is 36.4 Å². The molecular formula is C23H20FN3O4S. The maximum atomic E-state index is 13.0. The Morgan fingerprint density at radius 3 is 2.31 bits per heavy atom. The number of benzene rings is 3. The van der Waals surface area contributed by atoms with E-state index >= 15 is 0 Å². The smallest absolute Gasteiger partial charge is 0.261 e. The van der Waals surface area contributed by atoms with Crippen LogP contribution in [0.15, 0.2) is 77.7 Å². The number of anilines is 3. The van der Waals surface area contributed by atoms with Crippen LogP contribution >= 0.6 is 0 Å². The van der Waals surface area contributed by atoms with Crippen molar-refractivity contribution in [3.8, 4) is 0 Å². The van der Waals surface area contributed by atoms with Crippen LogP contribution in [0.25, 0.3) is 0 Å². The lowest BCUT2D eigenvalue weighted by Gasteiger charge is -2.16. The second kappa shape index (κ2) is 8.80. The monoisotopic (exact) mass is 453 g/mol. The first-order chi connectivity index (χ1) is 15.3. The zero-order valence-corrected chi connectivity index (χ0v) is 17.7. The Morgan fingerprint density at radius 1 is 0.938 bits per heavy atom. The van der Waals surface area contributed by atoms with Crippen LogP contribution in [0.2, 0.25) is 0 Å². The van der Waals surface area contributed by atoms with Crippen molar-refractivity contribution in [2.45, 2.75) is 17.7 Å². The molecular weight excluding hydrogens is 433 g/mol. The highest BCUT2D eigenvalue weighted by Crippen LogP contribution is 2.25. The van der Waals surface area contributed by atoms with Gasteiger partial charge in [-0.2, -0.15) is 0 Å². The largest absolute Gasteiger partial charge is 0.322 e. The number of sulfonamides is 1. The van der Waals surface area contributed by atoms with E-state index in [0.29, 0.717) is 18.7 Å². The summed E-state index contributed by atoms with van der Waals surface area (Å²) >= 11 is 0. The minimum Gasteiger partial charge on any atom is -0.322 e. The number of nitrogens with zero attached hydrogens (tertiary/aromatic N) is 1. The number of amides is 2. The summed E-state index contributed by atoms with van der Waals surface area (Å²) < 4.78 is 40.4. The third kappa shape index (κ3) is 4.78. The Labute approximate surface area is 184 Å². The van der Waals surface area contributed by atoms with Crippen molar-refractivity contribution >= 4 is 38.9 Å². The lowest BCUT2D eigenvalue weighted by atomic mass is 10.2. The van der Waals surface area contributed by atoms with E-state index in [1.807, 2.05) is 6.07 Å². The maximum absolute atomic E-state index is 13.0. The van der Waals surface area contributed by atoms with Crippen LogP contribution in [0.3, 0.4) is 0 Å². The summed E-state index contributed by atoms with van der Waals surface area (Å²) in [6.45, 7) is 0.651. The van der Waals surface area contributed by atoms with E-state index in [4.69, 9.17) is 0 Å². The first kappa shape index (κ1) is 21.5. The molecule has 3 aromatic rings. The number of hydrogen-bond donors (Lipinski definition) is 2. The SMILES string of the molecule is O=C(Nc1cccc(N2CCCC2=O)c1)c1ccc(S(=O)(=O)Nc2ccc(F)cc2)cc1. The van der Waals surface area contributed by atoms with Gasteiger partial charge in [-0.3, -0.25) is 14.3 Å². The summed E-state index contributed by atoms with van der Waals surface area (Å²) in [6.07, 6.45) is 1.32. The van der Waals surface area contributed by atoms with Gasteiger partial charge in [0.1, 0.15) is 5.82 Å². The average Bonchev–Trinajstić information content (AvgIpc) is 3.21. The Hall–Kier alpha value is -3.72. The van der Waals surface area contributed by atoms with Crippen molar-refractivity contribution in [3.05, 3.63) is 84.2 Å². The molecule has 2 N–H and O–H groups in total. The third-order valence-electron chi connectivity index (χ3n) is 5.01. The zero-order valence-electron chi connectivity index (χ0n) is 16.9. The quantitative estimate of drug-likeness (QED) is 0.590. The van der Waals surface area contributed by atoms with Gasteiger partial charge in [0.2, 0.25) is 5.91 Å². The molecule has 0 bridgehead atoms. The number of nitrogens with one attached hydrogen (secondary N) is 2. The lowest BCUT2D eigenvalue weighted by Crippen LogP contribution is -2.23. The minimum absolute atomic E-state index is 0.0343. The average molecular weight is 453 g/mol. The highest BCUT2D eigenvalue weighted by atomic mass is 32.2. The summed E-state index contributed by atoms with van der Waals surface area (Å²) in [7, 11) is -3.89. The predicted molar refractivity (Wildman–Crippen MR) is 120 cm³/mol. The summed E-state index contributed by atoms with van der Waals surface area (Å²) in [6, 6.07) is 17.4. The van der Waals surface area contributed by atoms with E-state index < -0.39 is 21.7 Å². The number of carbonyl (C=O) groups is 2. The van der Waals surface area contributed by atoms with Crippen LogP contribution in [0.4, 0.5) is 21.5 Å². The molecule has 7 nitrogen and oxygen atoms in total. The maximum Gasteiger partial charge on any atom is 0.261 e. The molecule has 0 unspecified atom stereocenters. The van der Waals surface area contributed by atoms with Crippen molar-refractivity contribution in [1.29, 1.82) is 0 Å². The van der Waals surface area contributed by atoms with E-state index in [0.717, 1.165) is 24.2 Å². The number of carbonyl (C=O) groups excluding carboxylic acids is 2. The molecule has 1 fully saturated rings. The van der Waals surface area contributed by atoms with E-state index in [1.54, 1.807) is 23.1 Å². The molecule has 164 valence electrons. The second-order valence-corrected chi connectivity index (χ2v) is 8.97. The molecule has 0 aliphatic carbocycles. The van der Waals surface area contributed by atoms with E-state index in [2.05, 4.69) is 10.0 Å². The van der Waals surface area contributed by atoms with Gasteiger partial charge < -0.3 is 10.2 Å². The normalized spacial score (nSPS) is 13.8. The molecule has 32 heavy (non-hydrogen) atoms. The molecule has 0 radical (unpaired) electrons. The number of hydrogen-bond acceptors (Lipinski definition) is 4. The van der Waals surface area contributed by atoms with Gasteiger partial charge in [-0.05, 0) is 73.2 Å². The Kier molecular flexibility index (Phi) is 5.91. The van der Waals surface area contributed by atoms with Gasteiger partial charge in [0.15, 0.2) is 0 Å². The molecule has 9 heteroatoms. The fourth-order valence-electron chi connectivity index (χ4n) is 3.39. The summed E-state index contributed by atoms with van der Waals surface area (Å²) in [5.74, 6) is -0.828. The molecule has 1 saturated heterocycles. The molecule has 2 amide bonds. The lowest BCUT2D eigenvalue weighted by molar-refractivity contribution is -0.117. The summed E-state index contributed by atoms with van der Waals surface area (Å²) in [5.41, 5.74) is 1.75. The summed E-state index contributed by atoms with van der Waals surface area (Å²) in [5, 5.41) is 2.76. The fourth-order valence-corrected chi connectivity index (χ4v) is 4.45. The zero-order chi connectivity index (χ0) is 22.7. The third-order valence-corrected chi connectivity index (χ3v) is 6.41. The molecule has 0 aromatic heterocycles. The molecule has 3 aromatic carbocycles. The van der Waals surface area contributed by atoms with Gasteiger partial charge in [0.05, 0.1) is 4.90 Å². The predicted octanol–water partition coefficient (Wildman–Crippen LogP) is 4.01. The van der Waals surface area contributed by atoms with Gasteiger partial charge >= 0.3 is 0 Å². The van der Waals surface area contributed by atoms with Gasteiger partial charge in [0.25, 0.3) is 15.9 Å². The van der Waals surface area contributed by atoms with Crippen molar-refractivity contribution in [2.24, 2.45) is 0 Å². The molecule has 4 rings (SSSR count).